The lowest BCUT2D eigenvalue weighted by Gasteiger charge is -2.04. The van der Waals surface area contributed by atoms with Crippen molar-refractivity contribution in [2.45, 2.75) is 25.6 Å². The second-order valence-corrected chi connectivity index (χ2v) is 4.53. The molecule has 0 saturated heterocycles. The predicted octanol–water partition coefficient (Wildman–Crippen LogP) is -0.0425. The molecule has 14 heavy (non-hydrogen) atoms. The number of rotatable bonds is 5. The first kappa shape index (κ1) is 11.0. The fourth-order valence-corrected chi connectivity index (χ4v) is 1.32. The van der Waals surface area contributed by atoms with Gasteiger partial charge in [-0.15, -0.1) is 22.0 Å². The Morgan fingerprint density at radius 1 is 1.64 bits per heavy atom. The fourth-order valence-electron chi connectivity index (χ4n) is 0.728. The van der Waals surface area contributed by atoms with Crippen LogP contribution in [-0.4, -0.2) is 37.5 Å². The summed E-state index contributed by atoms with van der Waals surface area (Å²) in [7, 11) is 0. The van der Waals surface area contributed by atoms with Gasteiger partial charge in [-0.2, -0.15) is 5.21 Å². The van der Waals surface area contributed by atoms with Gasteiger partial charge in [0.2, 0.25) is 5.91 Å². The molecule has 78 valence electrons. The molecule has 1 aromatic heterocycles. The van der Waals surface area contributed by atoms with E-state index in [2.05, 4.69) is 39.8 Å². The Morgan fingerprint density at radius 2 is 2.43 bits per heavy atom. The SMILES string of the molecule is CC(C)SCC(=O)NCc1nn[nH]n1. The normalized spacial score (nSPS) is 10.5. The molecule has 0 aliphatic heterocycles. The maximum atomic E-state index is 11.2. The van der Waals surface area contributed by atoms with Gasteiger partial charge >= 0.3 is 0 Å². The molecule has 0 aliphatic rings. The number of aromatic nitrogens is 4. The molecule has 0 saturated carbocycles. The van der Waals surface area contributed by atoms with E-state index in [-0.39, 0.29) is 5.91 Å². The highest BCUT2D eigenvalue weighted by Gasteiger charge is 2.04. The molecule has 0 fully saturated rings. The van der Waals surface area contributed by atoms with Gasteiger partial charge < -0.3 is 5.32 Å². The van der Waals surface area contributed by atoms with Crippen LogP contribution in [0.1, 0.15) is 19.7 Å². The number of hydrogen-bond donors (Lipinski definition) is 2. The molecule has 0 atom stereocenters. The molecule has 6 nitrogen and oxygen atoms in total. The molecule has 0 radical (unpaired) electrons. The number of tetrazole rings is 1. The predicted molar refractivity (Wildman–Crippen MR) is 53.6 cm³/mol. The van der Waals surface area contributed by atoms with Crippen LogP contribution in [0.2, 0.25) is 0 Å². The summed E-state index contributed by atoms with van der Waals surface area (Å²) in [5, 5.41) is 16.3. The minimum Gasteiger partial charge on any atom is -0.348 e. The average Bonchev–Trinajstić information content (AvgIpc) is 2.63. The van der Waals surface area contributed by atoms with E-state index in [9.17, 15) is 4.79 Å². The van der Waals surface area contributed by atoms with Gasteiger partial charge in [0.1, 0.15) is 0 Å². The number of thioether (sulfide) groups is 1. The first-order chi connectivity index (χ1) is 6.68. The van der Waals surface area contributed by atoms with Crippen LogP contribution in [-0.2, 0) is 11.3 Å². The van der Waals surface area contributed by atoms with E-state index >= 15 is 0 Å². The zero-order valence-electron chi connectivity index (χ0n) is 8.15. The minimum absolute atomic E-state index is 0.00602. The van der Waals surface area contributed by atoms with Gasteiger partial charge in [0.15, 0.2) is 5.82 Å². The van der Waals surface area contributed by atoms with Crippen molar-refractivity contribution in [2.24, 2.45) is 0 Å². The molecule has 7 heteroatoms. The maximum absolute atomic E-state index is 11.2. The van der Waals surface area contributed by atoms with Crippen LogP contribution in [0.5, 0.6) is 0 Å². The third-order valence-corrected chi connectivity index (χ3v) is 2.48. The third-order valence-electron chi connectivity index (χ3n) is 1.38. The average molecular weight is 215 g/mol. The molecule has 0 aromatic carbocycles. The molecule has 2 N–H and O–H groups in total. The van der Waals surface area contributed by atoms with Crippen molar-refractivity contribution < 1.29 is 4.79 Å². The van der Waals surface area contributed by atoms with Crippen LogP contribution in [0, 0.1) is 0 Å². The van der Waals surface area contributed by atoms with E-state index < -0.39 is 0 Å². The second kappa shape index (κ2) is 5.58. The Morgan fingerprint density at radius 3 is 3.00 bits per heavy atom. The number of aromatic amines is 1. The minimum atomic E-state index is -0.00602. The van der Waals surface area contributed by atoms with Crippen LogP contribution in [0.3, 0.4) is 0 Å². The van der Waals surface area contributed by atoms with Crippen molar-refractivity contribution in [1.29, 1.82) is 0 Å². The monoisotopic (exact) mass is 215 g/mol. The highest BCUT2D eigenvalue weighted by atomic mass is 32.2. The van der Waals surface area contributed by atoms with E-state index in [1.165, 1.54) is 0 Å². The van der Waals surface area contributed by atoms with E-state index in [1.54, 1.807) is 11.8 Å². The van der Waals surface area contributed by atoms with Gasteiger partial charge in [0.25, 0.3) is 0 Å². The van der Waals surface area contributed by atoms with Crippen molar-refractivity contribution in [2.75, 3.05) is 5.75 Å². The Labute approximate surface area is 86.2 Å². The van der Waals surface area contributed by atoms with Gasteiger partial charge in [-0.25, -0.2) is 0 Å². The number of nitrogens with zero attached hydrogens (tertiary/aromatic N) is 3. The Hall–Kier alpha value is -1.11. The summed E-state index contributed by atoms with van der Waals surface area (Å²) in [4.78, 5) is 11.2. The lowest BCUT2D eigenvalue weighted by atomic mass is 10.5. The van der Waals surface area contributed by atoms with Gasteiger partial charge in [-0.3, -0.25) is 4.79 Å². The largest absolute Gasteiger partial charge is 0.348 e. The van der Waals surface area contributed by atoms with Crippen LogP contribution < -0.4 is 5.32 Å². The second-order valence-electron chi connectivity index (χ2n) is 2.96. The van der Waals surface area contributed by atoms with E-state index in [0.29, 0.717) is 23.4 Å². The van der Waals surface area contributed by atoms with Crippen molar-refractivity contribution >= 4 is 17.7 Å². The summed E-state index contributed by atoms with van der Waals surface area (Å²) >= 11 is 1.60. The summed E-state index contributed by atoms with van der Waals surface area (Å²) in [5.41, 5.74) is 0. The first-order valence-electron chi connectivity index (χ1n) is 4.29. The zero-order valence-corrected chi connectivity index (χ0v) is 8.97. The van der Waals surface area contributed by atoms with E-state index in [4.69, 9.17) is 0 Å². The van der Waals surface area contributed by atoms with Crippen LogP contribution in [0.25, 0.3) is 0 Å². The lowest BCUT2D eigenvalue weighted by molar-refractivity contribution is -0.118. The Balaban J connectivity index is 2.15. The molecule has 0 spiro atoms. The van der Waals surface area contributed by atoms with Gasteiger partial charge in [0.05, 0.1) is 12.3 Å². The van der Waals surface area contributed by atoms with Crippen molar-refractivity contribution in [1.82, 2.24) is 25.9 Å². The maximum Gasteiger partial charge on any atom is 0.230 e. The zero-order chi connectivity index (χ0) is 10.4. The van der Waals surface area contributed by atoms with Crippen molar-refractivity contribution in [3.8, 4) is 0 Å². The molecule has 1 heterocycles. The first-order valence-corrected chi connectivity index (χ1v) is 5.34. The molecule has 0 unspecified atom stereocenters. The Bertz CT molecular complexity index is 274. The lowest BCUT2D eigenvalue weighted by Crippen LogP contribution is -2.25. The third kappa shape index (κ3) is 4.22. The number of amides is 1. The Kier molecular flexibility index (Phi) is 4.37. The van der Waals surface area contributed by atoms with Gasteiger partial charge in [-0.05, 0) is 5.25 Å². The van der Waals surface area contributed by atoms with Crippen LogP contribution in [0.15, 0.2) is 0 Å². The summed E-state index contributed by atoms with van der Waals surface area (Å²) in [6.45, 7) is 4.43. The van der Waals surface area contributed by atoms with E-state index in [0.717, 1.165) is 0 Å². The molecule has 1 rings (SSSR count). The molecular formula is C7H13N5OS. The van der Waals surface area contributed by atoms with Crippen LogP contribution in [0.4, 0.5) is 0 Å². The molecule has 1 amide bonds. The topological polar surface area (TPSA) is 83.6 Å². The van der Waals surface area contributed by atoms with Crippen LogP contribution >= 0.6 is 11.8 Å². The molecule has 0 bridgehead atoms. The smallest absolute Gasteiger partial charge is 0.230 e. The fraction of sp³-hybridized carbons (Fsp3) is 0.714. The number of hydrogen-bond acceptors (Lipinski definition) is 5. The van der Waals surface area contributed by atoms with Crippen molar-refractivity contribution in [3.05, 3.63) is 5.82 Å². The highest BCUT2D eigenvalue weighted by molar-refractivity contribution is 8.00. The molecule has 0 aliphatic carbocycles. The number of carbonyl (C=O) groups excluding carboxylic acids is 1. The van der Waals surface area contributed by atoms with Crippen molar-refractivity contribution in [3.63, 3.8) is 0 Å². The molecule has 1 aromatic rings. The summed E-state index contributed by atoms with van der Waals surface area (Å²) in [6.07, 6.45) is 0. The number of H-pyrrole nitrogens is 1. The van der Waals surface area contributed by atoms with Gasteiger partial charge in [0, 0.05) is 0 Å². The number of nitrogens with one attached hydrogen (secondary N) is 2. The summed E-state index contributed by atoms with van der Waals surface area (Å²) < 4.78 is 0. The van der Waals surface area contributed by atoms with Gasteiger partial charge in [-0.1, -0.05) is 19.1 Å². The highest BCUT2D eigenvalue weighted by Crippen LogP contribution is 2.07. The quantitative estimate of drug-likeness (QED) is 0.720. The molecular weight excluding hydrogens is 202 g/mol. The standard InChI is InChI=1S/C7H13N5OS/c1-5(2)14-4-7(13)8-3-6-9-11-12-10-6/h5H,3-4H2,1-2H3,(H,8,13)(H,9,10,11,12). The summed E-state index contributed by atoms with van der Waals surface area (Å²) in [5.74, 6) is 0.955. The van der Waals surface area contributed by atoms with E-state index in [1.807, 2.05) is 0 Å². The summed E-state index contributed by atoms with van der Waals surface area (Å²) in [6, 6.07) is 0. The number of carbonyl (C=O) groups is 1.